The maximum atomic E-state index is 13.0. The average Bonchev–Trinajstić information content (AvgIpc) is 3.32. The molecule has 0 aliphatic carbocycles. The Bertz CT molecular complexity index is 1530. The average molecular weight is 644 g/mol. The van der Waals surface area contributed by atoms with Gasteiger partial charge in [0, 0.05) is 24.9 Å². The Kier molecular flexibility index (Phi) is 9.89. The number of aromatic nitrogens is 2. The molecular weight excluding hydrogens is 620 g/mol. The van der Waals surface area contributed by atoms with Crippen molar-refractivity contribution >= 4 is 44.8 Å². The van der Waals surface area contributed by atoms with Crippen LogP contribution in [-0.4, -0.2) is 74.1 Å². The molecule has 0 atom stereocenters. The van der Waals surface area contributed by atoms with Gasteiger partial charge in [-0.1, -0.05) is 11.6 Å². The molecule has 0 amide bonds. The SMILES string of the molecule is CN(C)CCn1ccc(NS(=O)(=O)c2ccc3c(c2)OCCN3c2ccc(C(F)(F)F)cc2Cl)n1.O=C(O)C(F)(F)F. The lowest BCUT2D eigenvalue weighted by atomic mass is 10.1. The summed E-state index contributed by atoms with van der Waals surface area (Å²) in [6.45, 7) is 1.86. The summed E-state index contributed by atoms with van der Waals surface area (Å²) < 4.78 is 106. The van der Waals surface area contributed by atoms with E-state index in [1.165, 1.54) is 24.3 Å². The lowest BCUT2D eigenvalue weighted by Crippen LogP contribution is -2.29. The van der Waals surface area contributed by atoms with Gasteiger partial charge in [0.05, 0.1) is 39.9 Å². The van der Waals surface area contributed by atoms with Crippen LogP contribution in [0.4, 0.5) is 43.5 Å². The summed E-state index contributed by atoms with van der Waals surface area (Å²) in [6.07, 6.45) is -7.91. The number of likely N-dealkylation sites (N-methyl/N-ethyl adjacent to an activating group) is 1. The second-order valence-corrected chi connectivity index (χ2v) is 11.1. The number of anilines is 3. The van der Waals surface area contributed by atoms with Crippen LogP contribution < -0.4 is 14.4 Å². The van der Waals surface area contributed by atoms with E-state index in [0.29, 0.717) is 24.5 Å². The van der Waals surface area contributed by atoms with Crippen LogP contribution in [0, 0.1) is 0 Å². The minimum Gasteiger partial charge on any atom is -0.489 e. The third-order valence-electron chi connectivity index (χ3n) is 5.57. The molecule has 0 radical (unpaired) electrons. The number of alkyl halides is 6. The first-order chi connectivity index (χ1) is 19.4. The van der Waals surface area contributed by atoms with Gasteiger partial charge in [-0.2, -0.15) is 31.4 Å². The van der Waals surface area contributed by atoms with Crippen LogP contribution in [0.2, 0.25) is 5.02 Å². The van der Waals surface area contributed by atoms with Crippen LogP contribution in [0.15, 0.2) is 53.6 Å². The van der Waals surface area contributed by atoms with Gasteiger partial charge in [0.15, 0.2) is 5.82 Å². The van der Waals surface area contributed by atoms with Crippen molar-refractivity contribution in [1.29, 1.82) is 0 Å². The number of ether oxygens (including phenoxy) is 1. The normalized spacial score (nSPS) is 13.6. The predicted octanol–water partition coefficient (Wildman–Crippen LogP) is 5.08. The molecule has 2 heterocycles. The highest BCUT2D eigenvalue weighted by molar-refractivity contribution is 7.92. The number of benzene rings is 2. The maximum Gasteiger partial charge on any atom is 0.490 e. The molecule has 2 aromatic carbocycles. The molecule has 0 unspecified atom stereocenters. The highest BCUT2D eigenvalue weighted by Crippen LogP contribution is 2.42. The minimum atomic E-state index is -5.08. The Morgan fingerprint density at radius 1 is 1.10 bits per heavy atom. The van der Waals surface area contributed by atoms with Gasteiger partial charge in [-0.3, -0.25) is 9.40 Å². The number of hydrogen-bond acceptors (Lipinski definition) is 7. The number of carboxylic acid groups (broad SMARTS) is 1. The lowest BCUT2D eigenvalue weighted by Gasteiger charge is -2.32. The van der Waals surface area contributed by atoms with Crippen LogP contribution in [0.3, 0.4) is 0 Å². The van der Waals surface area contributed by atoms with E-state index in [-0.39, 0.29) is 28.1 Å². The van der Waals surface area contributed by atoms with Crippen molar-refractivity contribution in [2.45, 2.75) is 23.8 Å². The Hall–Kier alpha value is -3.70. The fraction of sp³-hybridized carbons (Fsp3) is 0.333. The van der Waals surface area contributed by atoms with Crippen LogP contribution in [0.25, 0.3) is 0 Å². The molecule has 4 rings (SSSR count). The Morgan fingerprint density at radius 2 is 1.74 bits per heavy atom. The van der Waals surface area contributed by atoms with E-state index in [1.807, 2.05) is 19.0 Å². The first kappa shape index (κ1) is 32.8. The fourth-order valence-corrected chi connectivity index (χ4v) is 4.85. The number of carboxylic acids is 1. The number of rotatable bonds is 7. The first-order valence-corrected chi connectivity index (χ1v) is 13.7. The zero-order chi connectivity index (χ0) is 31.5. The molecule has 42 heavy (non-hydrogen) atoms. The van der Waals surface area contributed by atoms with Crippen molar-refractivity contribution < 1.29 is 49.4 Å². The van der Waals surface area contributed by atoms with Crippen molar-refractivity contribution in [2.24, 2.45) is 0 Å². The number of aliphatic carboxylic acids is 1. The Labute approximate surface area is 241 Å². The van der Waals surface area contributed by atoms with Crippen LogP contribution >= 0.6 is 11.6 Å². The number of nitrogens with zero attached hydrogens (tertiary/aromatic N) is 4. The van der Waals surface area contributed by atoms with E-state index in [9.17, 15) is 34.8 Å². The molecule has 0 spiro atoms. The van der Waals surface area contributed by atoms with Crippen LogP contribution in [0.1, 0.15) is 5.56 Å². The van der Waals surface area contributed by atoms with Crippen molar-refractivity contribution in [3.8, 4) is 5.75 Å². The monoisotopic (exact) mass is 643 g/mol. The molecule has 1 aromatic heterocycles. The molecule has 230 valence electrons. The minimum absolute atomic E-state index is 0.0422. The van der Waals surface area contributed by atoms with Crippen molar-refractivity contribution in [2.75, 3.05) is 43.4 Å². The third kappa shape index (κ3) is 8.42. The summed E-state index contributed by atoms with van der Waals surface area (Å²) >= 11 is 6.17. The molecule has 0 fully saturated rings. The highest BCUT2D eigenvalue weighted by atomic mass is 35.5. The topological polar surface area (TPSA) is 117 Å². The number of sulfonamides is 1. The molecule has 1 aliphatic heterocycles. The highest BCUT2D eigenvalue weighted by Gasteiger charge is 2.38. The molecule has 18 heteroatoms. The summed E-state index contributed by atoms with van der Waals surface area (Å²) in [5.41, 5.74) is 0.00226. The van der Waals surface area contributed by atoms with Crippen LogP contribution in [-0.2, 0) is 27.5 Å². The van der Waals surface area contributed by atoms with Gasteiger partial charge in [0.2, 0.25) is 0 Å². The molecular formula is C24H24ClF6N5O5S. The Morgan fingerprint density at radius 3 is 2.31 bits per heavy atom. The molecule has 2 N–H and O–H groups in total. The summed E-state index contributed by atoms with van der Waals surface area (Å²) in [4.78, 5) is 12.5. The first-order valence-electron chi connectivity index (χ1n) is 11.8. The zero-order valence-corrected chi connectivity index (χ0v) is 23.4. The van der Waals surface area contributed by atoms with E-state index in [4.69, 9.17) is 26.2 Å². The second kappa shape index (κ2) is 12.7. The standard InChI is InChI=1S/C22H23ClF3N5O3S.C2HF3O2/c1-29(2)9-10-30-8-7-21(27-30)28-35(32,33)16-4-6-19-20(14-16)34-12-11-31(19)18-5-3-15(13-17(18)23)22(24,25)26;3-2(4,5)1(6)7/h3-8,13-14H,9-12H2,1-2H3,(H,27,28);(H,6,7). The number of fused-ring (bicyclic) bond motifs is 1. The lowest BCUT2D eigenvalue weighted by molar-refractivity contribution is -0.192. The summed E-state index contributed by atoms with van der Waals surface area (Å²) in [5, 5.41) is 11.3. The zero-order valence-electron chi connectivity index (χ0n) is 21.9. The molecule has 3 aromatic rings. The van der Waals surface area contributed by atoms with Gasteiger partial charge in [-0.15, -0.1) is 0 Å². The molecule has 0 bridgehead atoms. The van der Waals surface area contributed by atoms with Gasteiger partial charge in [-0.25, -0.2) is 13.2 Å². The van der Waals surface area contributed by atoms with Gasteiger partial charge >= 0.3 is 18.3 Å². The molecule has 10 nitrogen and oxygen atoms in total. The van der Waals surface area contributed by atoms with Gasteiger partial charge < -0.3 is 19.6 Å². The number of halogens is 7. The van der Waals surface area contributed by atoms with Crippen molar-refractivity contribution in [3.05, 3.63) is 59.2 Å². The summed E-state index contributed by atoms with van der Waals surface area (Å²) in [5.74, 6) is -2.31. The number of nitrogens with one attached hydrogen (secondary N) is 1. The molecule has 0 saturated carbocycles. The Balaban J connectivity index is 0.000000616. The fourth-order valence-electron chi connectivity index (χ4n) is 3.56. The second-order valence-electron chi connectivity index (χ2n) is 8.97. The summed E-state index contributed by atoms with van der Waals surface area (Å²) in [7, 11) is -0.106. The third-order valence-corrected chi connectivity index (χ3v) is 7.22. The smallest absolute Gasteiger partial charge is 0.489 e. The van der Waals surface area contributed by atoms with E-state index < -0.39 is 33.9 Å². The maximum absolute atomic E-state index is 13.0. The molecule has 0 saturated heterocycles. The van der Waals surface area contributed by atoms with Gasteiger partial charge in [0.1, 0.15) is 12.4 Å². The van der Waals surface area contributed by atoms with E-state index >= 15 is 0 Å². The number of carbonyl (C=O) groups is 1. The number of hydrogen-bond donors (Lipinski definition) is 2. The van der Waals surface area contributed by atoms with E-state index in [2.05, 4.69) is 9.82 Å². The quantitative estimate of drug-likeness (QED) is 0.343. The van der Waals surface area contributed by atoms with Gasteiger partial charge in [0.25, 0.3) is 10.0 Å². The largest absolute Gasteiger partial charge is 0.490 e. The van der Waals surface area contributed by atoms with E-state index in [1.54, 1.807) is 21.8 Å². The van der Waals surface area contributed by atoms with Gasteiger partial charge in [-0.05, 0) is 44.4 Å². The van der Waals surface area contributed by atoms with Crippen molar-refractivity contribution in [1.82, 2.24) is 14.7 Å². The molecule has 1 aliphatic rings. The van der Waals surface area contributed by atoms with E-state index in [0.717, 1.165) is 18.7 Å². The van der Waals surface area contributed by atoms with Crippen molar-refractivity contribution in [3.63, 3.8) is 0 Å². The van der Waals surface area contributed by atoms with Crippen LogP contribution in [0.5, 0.6) is 5.75 Å². The summed E-state index contributed by atoms with van der Waals surface area (Å²) in [6, 6.07) is 8.97. The predicted molar refractivity (Wildman–Crippen MR) is 141 cm³/mol.